The largest absolute Gasteiger partial charge is 0.359 e. The minimum atomic E-state index is 0.110. The monoisotopic (exact) mass is 297 g/mol. The number of amides is 1. The molecule has 0 aromatic heterocycles. The van der Waals surface area contributed by atoms with Crippen molar-refractivity contribution in [2.45, 2.75) is 70.4 Å². The van der Waals surface area contributed by atoms with Crippen molar-refractivity contribution >= 4 is 22.8 Å². The Morgan fingerprint density at radius 2 is 2.20 bits per heavy atom. The fraction of sp³-hybridized carbons (Fsp3) is 0.867. The van der Waals surface area contributed by atoms with Crippen molar-refractivity contribution in [3.63, 3.8) is 0 Å². The molecule has 0 aromatic rings. The van der Waals surface area contributed by atoms with Gasteiger partial charge in [0.1, 0.15) is 0 Å². The molecule has 1 aliphatic carbocycles. The lowest BCUT2D eigenvalue weighted by molar-refractivity contribution is -0.121. The van der Waals surface area contributed by atoms with Gasteiger partial charge < -0.3 is 10.6 Å². The van der Waals surface area contributed by atoms with E-state index in [1.54, 1.807) is 0 Å². The number of hydrogen-bond acceptors (Lipinski definition) is 3. The molecule has 2 fully saturated rings. The number of nitrogens with zero attached hydrogens (tertiary/aromatic N) is 1. The first-order chi connectivity index (χ1) is 9.63. The molecule has 0 bridgehead atoms. The van der Waals surface area contributed by atoms with Crippen LogP contribution in [0.3, 0.4) is 0 Å². The lowest BCUT2D eigenvalue weighted by atomic mass is 9.83. The van der Waals surface area contributed by atoms with Gasteiger partial charge in [-0.15, -0.1) is 0 Å². The molecule has 2 rings (SSSR count). The van der Waals surface area contributed by atoms with Gasteiger partial charge in [-0.3, -0.25) is 9.79 Å². The zero-order valence-electron chi connectivity index (χ0n) is 12.7. The number of amidine groups is 1. The zero-order valence-corrected chi connectivity index (χ0v) is 13.5. The van der Waals surface area contributed by atoms with E-state index in [1.807, 2.05) is 18.7 Å². The summed E-state index contributed by atoms with van der Waals surface area (Å²) in [4.78, 5) is 16.2. The lowest BCUT2D eigenvalue weighted by Crippen LogP contribution is -2.45. The number of aliphatic imine (C=N–C) groups is 1. The Morgan fingerprint density at radius 3 is 2.90 bits per heavy atom. The number of carbonyl (C=O) groups is 1. The van der Waals surface area contributed by atoms with Crippen molar-refractivity contribution in [2.75, 3.05) is 12.3 Å². The van der Waals surface area contributed by atoms with Crippen molar-refractivity contribution in [3.05, 3.63) is 0 Å². The van der Waals surface area contributed by atoms with Gasteiger partial charge in [0, 0.05) is 23.8 Å². The second kappa shape index (κ2) is 7.34. The van der Waals surface area contributed by atoms with Gasteiger partial charge in [0.2, 0.25) is 5.91 Å². The van der Waals surface area contributed by atoms with Gasteiger partial charge in [-0.2, -0.15) is 0 Å². The summed E-state index contributed by atoms with van der Waals surface area (Å²) in [6.45, 7) is 4.70. The molecule has 1 spiro atoms. The number of carbonyl (C=O) groups excluding carboxylic acids is 1. The molecule has 1 heterocycles. The fourth-order valence-electron chi connectivity index (χ4n) is 2.80. The molecule has 1 saturated heterocycles. The molecule has 0 aromatic carbocycles. The van der Waals surface area contributed by atoms with E-state index in [9.17, 15) is 4.79 Å². The van der Waals surface area contributed by atoms with Crippen LogP contribution in [0.25, 0.3) is 0 Å². The van der Waals surface area contributed by atoms with Crippen LogP contribution in [-0.4, -0.2) is 35.0 Å². The van der Waals surface area contributed by atoms with Crippen LogP contribution in [0.4, 0.5) is 0 Å². The molecular formula is C15H27N3OS. The highest BCUT2D eigenvalue weighted by atomic mass is 32.2. The third-order valence-electron chi connectivity index (χ3n) is 4.28. The molecule has 1 unspecified atom stereocenters. The Labute approximate surface area is 126 Å². The van der Waals surface area contributed by atoms with Crippen molar-refractivity contribution in [1.29, 1.82) is 0 Å². The van der Waals surface area contributed by atoms with E-state index in [2.05, 4.69) is 22.5 Å². The minimum absolute atomic E-state index is 0.110. The van der Waals surface area contributed by atoms with Crippen LogP contribution >= 0.6 is 11.8 Å². The Bertz CT molecular complexity index is 364. The average Bonchev–Trinajstić information content (AvgIpc) is 2.82. The fourth-order valence-corrected chi connectivity index (χ4v) is 4.04. The van der Waals surface area contributed by atoms with Gasteiger partial charge in [0.15, 0.2) is 5.17 Å². The first-order valence-corrected chi connectivity index (χ1v) is 8.87. The van der Waals surface area contributed by atoms with Gasteiger partial charge >= 0.3 is 0 Å². The summed E-state index contributed by atoms with van der Waals surface area (Å²) in [7, 11) is 0. The van der Waals surface area contributed by atoms with Crippen LogP contribution in [0.1, 0.15) is 58.8 Å². The van der Waals surface area contributed by atoms with Crippen molar-refractivity contribution in [3.8, 4) is 0 Å². The third-order valence-corrected chi connectivity index (χ3v) is 5.48. The summed E-state index contributed by atoms with van der Waals surface area (Å²) in [6, 6.07) is 0.264. The molecule has 2 N–H and O–H groups in total. The van der Waals surface area contributed by atoms with Crippen molar-refractivity contribution in [2.24, 2.45) is 4.99 Å². The molecule has 1 aliphatic heterocycles. The van der Waals surface area contributed by atoms with Gasteiger partial charge in [0.05, 0.1) is 6.54 Å². The third kappa shape index (κ3) is 4.40. The molecule has 1 atom stereocenters. The van der Waals surface area contributed by atoms with Crippen LogP contribution in [0.15, 0.2) is 4.99 Å². The average molecular weight is 297 g/mol. The second-order valence-electron chi connectivity index (χ2n) is 6.07. The molecule has 4 nitrogen and oxygen atoms in total. The van der Waals surface area contributed by atoms with E-state index >= 15 is 0 Å². The van der Waals surface area contributed by atoms with Crippen LogP contribution in [0.2, 0.25) is 0 Å². The number of thioether (sulfide) groups is 1. The zero-order chi connectivity index (χ0) is 14.4. The maximum Gasteiger partial charge on any atom is 0.222 e. The normalized spacial score (nSPS) is 24.6. The number of hydrogen-bond donors (Lipinski definition) is 2. The van der Waals surface area contributed by atoms with Gasteiger partial charge in [-0.05, 0) is 26.2 Å². The topological polar surface area (TPSA) is 53.5 Å². The van der Waals surface area contributed by atoms with Crippen LogP contribution in [0, 0.1) is 0 Å². The summed E-state index contributed by atoms with van der Waals surface area (Å²) in [5.41, 5.74) is 0.306. The number of rotatable bonds is 5. The van der Waals surface area contributed by atoms with E-state index in [0.717, 1.165) is 17.3 Å². The predicted molar refractivity (Wildman–Crippen MR) is 86.2 cm³/mol. The highest BCUT2D eigenvalue weighted by Gasteiger charge is 2.37. The highest BCUT2D eigenvalue weighted by Crippen LogP contribution is 2.36. The maximum absolute atomic E-state index is 11.7. The molecule has 1 amide bonds. The van der Waals surface area contributed by atoms with Crippen molar-refractivity contribution < 1.29 is 4.79 Å². The van der Waals surface area contributed by atoms with Gasteiger partial charge in [-0.1, -0.05) is 37.9 Å². The smallest absolute Gasteiger partial charge is 0.222 e. The Kier molecular flexibility index (Phi) is 5.75. The van der Waals surface area contributed by atoms with E-state index in [4.69, 9.17) is 0 Å². The Hall–Kier alpha value is -0.710. The molecule has 1 saturated carbocycles. The van der Waals surface area contributed by atoms with Crippen LogP contribution in [-0.2, 0) is 4.79 Å². The maximum atomic E-state index is 11.7. The second-order valence-corrected chi connectivity index (χ2v) is 7.03. The molecule has 0 radical (unpaired) electrons. The summed E-state index contributed by atoms with van der Waals surface area (Å²) in [5.74, 6) is 1.25. The molecule has 114 valence electrons. The van der Waals surface area contributed by atoms with E-state index in [0.29, 0.717) is 18.5 Å². The summed E-state index contributed by atoms with van der Waals surface area (Å²) >= 11 is 1.82. The predicted octanol–water partition coefficient (Wildman–Crippen LogP) is 2.69. The van der Waals surface area contributed by atoms with Gasteiger partial charge in [-0.25, -0.2) is 0 Å². The van der Waals surface area contributed by atoms with E-state index in [-0.39, 0.29) is 11.9 Å². The minimum Gasteiger partial charge on any atom is -0.359 e. The lowest BCUT2D eigenvalue weighted by Gasteiger charge is -2.32. The molecule has 5 heteroatoms. The molecule has 2 aliphatic rings. The first kappa shape index (κ1) is 15.7. The van der Waals surface area contributed by atoms with E-state index in [1.165, 1.54) is 32.1 Å². The van der Waals surface area contributed by atoms with Crippen molar-refractivity contribution in [1.82, 2.24) is 10.6 Å². The van der Waals surface area contributed by atoms with Gasteiger partial charge in [0.25, 0.3) is 0 Å². The summed E-state index contributed by atoms with van der Waals surface area (Å²) in [5, 5.41) is 7.63. The molecule has 20 heavy (non-hydrogen) atoms. The van der Waals surface area contributed by atoms with Crippen LogP contribution < -0.4 is 10.6 Å². The summed E-state index contributed by atoms with van der Waals surface area (Å²) in [6.07, 6.45) is 8.04. The SMILES string of the molecule is CCC(C)NC(=O)CCN=C1NC2(CCCCC2)CS1. The van der Waals surface area contributed by atoms with Crippen LogP contribution in [0.5, 0.6) is 0 Å². The van der Waals surface area contributed by atoms with E-state index < -0.39 is 0 Å². The summed E-state index contributed by atoms with van der Waals surface area (Å²) < 4.78 is 0. The standard InChI is InChI=1S/C15H27N3OS/c1-3-12(2)17-13(19)7-10-16-14-18-15(11-20-14)8-5-4-6-9-15/h12H,3-11H2,1-2H3,(H,16,18)(H,17,19). The quantitative estimate of drug-likeness (QED) is 0.820. The Balaban J connectivity index is 1.72. The number of nitrogens with one attached hydrogen (secondary N) is 2. The Morgan fingerprint density at radius 1 is 1.45 bits per heavy atom. The highest BCUT2D eigenvalue weighted by molar-refractivity contribution is 8.14. The first-order valence-electron chi connectivity index (χ1n) is 7.88. The molecular weight excluding hydrogens is 270 g/mol.